The number of likely N-dealkylation sites (tertiary alicyclic amines) is 1. The number of rotatable bonds is 5. The van der Waals surface area contributed by atoms with Crippen molar-refractivity contribution in [3.8, 4) is 10.4 Å². The zero-order valence-corrected chi connectivity index (χ0v) is 20.2. The van der Waals surface area contributed by atoms with Crippen LogP contribution in [0.15, 0.2) is 48.5 Å². The number of piperidine rings is 1. The quantitative estimate of drug-likeness (QED) is 0.471. The Labute approximate surface area is 208 Å². The van der Waals surface area contributed by atoms with Gasteiger partial charge in [-0.2, -0.15) is 13.2 Å². The number of thiazole rings is 1. The second kappa shape index (κ2) is 8.95. The fourth-order valence-corrected chi connectivity index (χ4v) is 5.83. The SMILES string of the molecule is Cc1nc(C(=O)N2C[C@H]3CC3[C@H]2CNC(=O)c2cccc(C(F)(F)F)c2)c(-c2cccc(Cl)c2)s1. The van der Waals surface area contributed by atoms with Crippen LogP contribution in [0.5, 0.6) is 0 Å². The molecule has 182 valence electrons. The lowest BCUT2D eigenvalue weighted by Gasteiger charge is -2.27. The summed E-state index contributed by atoms with van der Waals surface area (Å²) in [6.45, 7) is 2.57. The molecule has 0 bridgehead atoms. The number of aryl methyl sites for hydroxylation is 1. The number of nitrogens with zero attached hydrogens (tertiary/aromatic N) is 2. The Morgan fingerprint density at radius 1 is 1.20 bits per heavy atom. The third-order valence-corrected chi connectivity index (χ3v) is 7.77. The molecule has 1 aromatic heterocycles. The molecule has 3 atom stereocenters. The van der Waals surface area contributed by atoms with Crippen LogP contribution in [-0.4, -0.2) is 40.8 Å². The number of hydrogen-bond donors (Lipinski definition) is 1. The maximum Gasteiger partial charge on any atom is 0.416 e. The van der Waals surface area contributed by atoms with Crippen LogP contribution in [0.25, 0.3) is 10.4 Å². The number of benzene rings is 2. The monoisotopic (exact) mass is 519 g/mol. The van der Waals surface area contributed by atoms with Crippen LogP contribution in [0.4, 0.5) is 13.2 Å². The Balaban J connectivity index is 1.34. The van der Waals surface area contributed by atoms with Crippen LogP contribution in [0.2, 0.25) is 5.02 Å². The van der Waals surface area contributed by atoms with Crippen LogP contribution < -0.4 is 5.32 Å². The zero-order valence-electron chi connectivity index (χ0n) is 18.6. The number of fused-ring (bicyclic) bond motifs is 1. The number of aromatic nitrogens is 1. The molecule has 10 heteroatoms. The number of carbonyl (C=O) groups is 2. The fourth-order valence-electron chi connectivity index (χ4n) is 4.74. The van der Waals surface area contributed by atoms with Gasteiger partial charge in [0.15, 0.2) is 0 Å². The summed E-state index contributed by atoms with van der Waals surface area (Å²) < 4.78 is 39.0. The third kappa shape index (κ3) is 4.79. The minimum absolute atomic E-state index is 0.0681. The molecule has 2 fully saturated rings. The van der Waals surface area contributed by atoms with E-state index in [2.05, 4.69) is 10.3 Å². The van der Waals surface area contributed by atoms with Crippen molar-refractivity contribution in [1.82, 2.24) is 15.2 Å². The summed E-state index contributed by atoms with van der Waals surface area (Å²) in [5, 5.41) is 4.05. The molecular weight excluding hydrogens is 499 g/mol. The van der Waals surface area contributed by atoms with Crippen molar-refractivity contribution in [3.63, 3.8) is 0 Å². The predicted octanol–water partition coefficient (Wildman–Crippen LogP) is 5.68. The van der Waals surface area contributed by atoms with E-state index in [4.69, 9.17) is 11.6 Å². The number of hydrogen-bond acceptors (Lipinski definition) is 4. The van der Waals surface area contributed by atoms with Gasteiger partial charge in [0.1, 0.15) is 5.69 Å². The summed E-state index contributed by atoms with van der Waals surface area (Å²) in [7, 11) is 0. The van der Waals surface area contributed by atoms with Gasteiger partial charge >= 0.3 is 6.18 Å². The van der Waals surface area contributed by atoms with Gasteiger partial charge in [0.2, 0.25) is 0 Å². The highest BCUT2D eigenvalue weighted by atomic mass is 35.5. The highest BCUT2D eigenvalue weighted by Crippen LogP contribution is 2.50. The molecule has 2 aromatic carbocycles. The molecule has 1 aliphatic heterocycles. The van der Waals surface area contributed by atoms with E-state index in [9.17, 15) is 22.8 Å². The van der Waals surface area contributed by atoms with Crippen molar-refractivity contribution >= 4 is 34.8 Å². The van der Waals surface area contributed by atoms with Crippen LogP contribution in [0.1, 0.15) is 37.8 Å². The van der Waals surface area contributed by atoms with Gasteiger partial charge in [0.05, 0.1) is 21.5 Å². The van der Waals surface area contributed by atoms with Crippen LogP contribution in [0, 0.1) is 18.8 Å². The Morgan fingerprint density at radius 2 is 1.97 bits per heavy atom. The van der Waals surface area contributed by atoms with Crippen molar-refractivity contribution < 1.29 is 22.8 Å². The van der Waals surface area contributed by atoms with E-state index in [1.807, 2.05) is 19.1 Å². The topological polar surface area (TPSA) is 62.3 Å². The van der Waals surface area contributed by atoms with Crippen molar-refractivity contribution in [2.75, 3.05) is 13.1 Å². The molecule has 3 aromatic rings. The van der Waals surface area contributed by atoms with Crippen LogP contribution >= 0.6 is 22.9 Å². The summed E-state index contributed by atoms with van der Waals surface area (Å²) in [5.74, 6) is -0.189. The summed E-state index contributed by atoms with van der Waals surface area (Å²) >= 11 is 7.57. The predicted molar refractivity (Wildman–Crippen MR) is 127 cm³/mol. The lowest BCUT2D eigenvalue weighted by atomic mass is 10.1. The minimum atomic E-state index is -4.53. The highest BCUT2D eigenvalue weighted by Gasteiger charge is 2.54. The van der Waals surface area contributed by atoms with E-state index in [0.29, 0.717) is 23.2 Å². The molecule has 35 heavy (non-hydrogen) atoms. The molecule has 5 nitrogen and oxygen atoms in total. The molecule has 1 unspecified atom stereocenters. The van der Waals surface area contributed by atoms with E-state index in [-0.39, 0.29) is 30.0 Å². The second-order valence-corrected chi connectivity index (χ2v) is 10.5. The molecule has 1 saturated carbocycles. The Bertz CT molecular complexity index is 1310. The Hall–Kier alpha value is -2.91. The summed E-state index contributed by atoms with van der Waals surface area (Å²) in [6, 6.07) is 11.3. The summed E-state index contributed by atoms with van der Waals surface area (Å²) in [4.78, 5) is 33.2. The van der Waals surface area contributed by atoms with E-state index in [0.717, 1.165) is 34.0 Å². The molecule has 1 N–H and O–H groups in total. The van der Waals surface area contributed by atoms with Crippen LogP contribution in [-0.2, 0) is 6.18 Å². The van der Waals surface area contributed by atoms with E-state index in [1.165, 1.54) is 23.5 Å². The van der Waals surface area contributed by atoms with Gasteiger partial charge in [-0.15, -0.1) is 11.3 Å². The van der Waals surface area contributed by atoms with Gasteiger partial charge in [-0.1, -0.05) is 29.8 Å². The standard InChI is InChI=1S/C25H21ClF3N3O2S/c1-13-31-21(22(35-13)14-4-3-7-18(26)9-14)24(34)32-12-16-10-19(16)20(32)11-30-23(33)15-5-2-6-17(8-15)25(27,28)29/h2-9,16,19-20H,10-12H2,1H3,(H,30,33)/t16-,19?,20-/m1/s1. The number of carbonyl (C=O) groups excluding carboxylic acids is 2. The average Bonchev–Trinajstić information content (AvgIpc) is 3.33. The van der Waals surface area contributed by atoms with Gasteiger partial charge in [-0.05, 0) is 61.1 Å². The Morgan fingerprint density at radius 3 is 2.71 bits per heavy atom. The van der Waals surface area contributed by atoms with Crippen molar-refractivity contribution in [2.24, 2.45) is 11.8 Å². The summed E-state index contributed by atoms with van der Waals surface area (Å²) in [6.07, 6.45) is -3.57. The third-order valence-electron chi connectivity index (χ3n) is 6.51. The van der Waals surface area contributed by atoms with E-state index in [1.54, 1.807) is 17.0 Å². The van der Waals surface area contributed by atoms with Gasteiger partial charge in [0, 0.05) is 23.7 Å². The molecular formula is C25H21ClF3N3O2S. The van der Waals surface area contributed by atoms with Gasteiger partial charge in [-0.25, -0.2) is 4.98 Å². The number of amides is 2. The lowest BCUT2D eigenvalue weighted by molar-refractivity contribution is -0.137. The number of alkyl halides is 3. The normalized spacial score (nSPS) is 21.1. The van der Waals surface area contributed by atoms with E-state index >= 15 is 0 Å². The molecule has 0 spiro atoms. The largest absolute Gasteiger partial charge is 0.416 e. The number of nitrogens with one attached hydrogen (secondary N) is 1. The molecule has 1 aliphatic carbocycles. The van der Waals surface area contributed by atoms with Crippen molar-refractivity contribution in [2.45, 2.75) is 25.6 Å². The molecule has 0 radical (unpaired) electrons. The first-order valence-corrected chi connectivity index (χ1v) is 12.3. The van der Waals surface area contributed by atoms with Crippen molar-refractivity contribution in [3.05, 3.63) is 75.4 Å². The smallest absolute Gasteiger partial charge is 0.350 e. The molecule has 2 heterocycles. The van der Waals surface area contributed by atoms with Gasteiger partial charge in [0.25, 0.3) is 11.8 Å². The van der Waals surface area contributed by atoms with Gasteiger partial charge < -0.3 is 10.2 Å². The minimum Gasteiger partial charge on any atom is -0.350 e. The van der Waals surface area contributed by atoms with Gasteiger partial charge in [-0.3, -0.25) is 9.59 Å². The molecule has 2 aliphatic rings. The summed E-state index contributed by atoms with van der Waals surface area (Å²) in [5.41, 5.74) is 0.217. The van der Waals surface area contributed by atoms with E-state index < -0.39 is 17.6 Å². The maximum atomic E-state index is 13.6. The first-order valence-electron chi connectivity index (χ1n) is 11.1. The molecule has 1 saturated heterocycles. The second-order valence-electron chi connectivity index (χ2n) is 8.89. The average molecular weight is 520 g/mol. The first-order chi connectivity index (χ1) is 16.6. The molecule has 2 amide bonds. The Kier molecular flexibility index (Phi) is 6.09. The highest BCUT2D eigenvalue weighted by molar-refractivity contribution is 7.15. The fraction of sp³-hybridized carbons (Fsp3) is 0.320. The zero-order chi connectivity index (χ0) is 24.9. The lowest BCUT2D eigenvalue weighted by Crippen LogP contribution is -2.45. The number of halogens is 4. The van der Waals surface area contributed by atoms with Crippen molar-refractivity contribution in [1.29, 1.82) is 0 Å². The first kappa shape index (κ1) is 23.8. The molecule has 5 rings (SSSR count). The maximum absolute atomic E-state index is 13.6. The van der Waals surface area contributed by atoms with Crippen LogP contribution in [0.3, 0.4) is 0 Å².